The zero-order valence-electron chi connectivity index (χ0n) is 10.9. The van der Waals surface area contributed by atoms with E-state index in [1.54, 1.807) is 12.1 Å². The summed E-state index contributed by atoms with van der Waals surface area (Å²) in [5.74, 6) is 0.128. The summed E-state index contributed by atoms with van der Waals surface area (Å²) < 4.78 is 0. The number of nitrogens with zero attached hydrogens (tertiary/aromatic N) is 1. The molecule has 1 amide bonds. The molecule has 1 aliphatic rings. The summed E-state index contributed by atoms with van der Waals surface area (Å²) in [5.41, 5.74) is 0.732. The largest absolute Gasteiger partial charge is 0.335 e. The number of hydrogen-bond donors (Lipinski definition) is 0. The Labute approximate surface area is 128 Å². The van der Waals surface area contributed by atoms with Crippen molar-refractivity contribution in [2.45, 2.75) is 38.1 Å². The number of benzene rings is 1. The van der Waals surface area contributed by atoms with Crippen LogP contribution in [0.2, 0.25) is 5.02 Å². The highest BCUT2D eigenvalue weighted by Gasteiger charge is 2.25. The van der Waals surface area contributed by atoms with E-state index in [1.165, 1.54) is 19.3 Å². The highest BCUT2D eigenvalue weighted by Crippen LogP contribution is 2.24. The van der Waals surface area contributed by atoms with Crippen molar-refractivity contribution in [1.82, 2.24) is 4.90 Å². The van der Waals surface area contributed by atoms with Crippen LogP contribution >= 0.6 is 27.5 Å². The molecule has 0 saturated heterocycles. The Kier molecular flexibility index (Phi) is 5.71. The average Bonchev–Trinajstić information content (AvgIpc) is 2.46. The van der Waals surface area contributed by atoms with Crippen molar-refractivity contribution >= 4 is 33.4 Å². The molecule has 0 bridgehead atoms. The zero-order chi connectivity index (χ0) is 13.7. The van der Waals surface area contributed by atoms with Gasteiger partial charge >= 0.3 is 0 Å². The molecule has 0 aromatic heterocycles. The van der Waals surface area contributed by atoms with E-state index in [4.69, 9.17) is 11.6 Å². The number of rotatable bonds is 4. The fraction of sp³-hybridized carbons (Fsp3) is 0.533. The molecule has 0 unspecified atom stereocenters. The molecule has 2 rings (SSSR count). The van der Waals surface area contributed by atoms with Crippen LogP contribution in [0.15, 0.2) is 24.3 Å². The van der Waals surface area contributed by atoms with Crippen molar-refractivity contribution < 1.29 is 4.79 Å². The summed E-state index contributed by atoms with van der Waals surface area (Å²) in [7, 11) is 0. The third-order valence-corrected chi connectivity index (χ3v) is 4.30. The SMILES string of the molecule is O=C(c1ccc(Cl)cc1)N(CCBr)C1CCCCC1. The van der Waals surface area contributed by atoms with Gasteiger partial charge in [-0.1, -0.05) is 46.8 Å². The Bertz CT molecular complexity index is 415. The number of hydrogen-bond acceptors (Lipinski definition) is 1. The van der Waals surface area contributed by atoms with Crippen molar-refractivity contribution in [2.75, 3.05) is 11.9 Å². The van der Waals surface area contributed by atoms with Gasteiger partial charge in [0.15, 0.2) is 0 Å². The molecular weight excluding hydrogens is 326 g/mol. The Balaban J connectivity index is 2.13. The van der Waals surface area contributed by atoms with Crippen molar-refractivity contribution in [3.05, 3.63) is 34.9 Å². The maximum Gasteiger partial charge on any atom is 0.254 e. The quantitative estimate of drug-likeness (QED) is 0.736. The molecule has 0 N–H and O–H groups in total. The molecule has 1 fully saturated rings. The summed E-state index contributed by atoms with van der Waals surface area (Å²) in [4.78, 5) is 14.6. The molecule has 2 nitrogen and oxygen atoms in total. The Morgan fingerprint density at radius 1 is 1.21 bits per heavy atom. The molecule has 104 valence electrons. The molecule has 1 aliphatic carbocycles. The summed E-state index contributed by atoms with van der Waals surface area (Å²) in [6, 6.07) is 7.59. The molecule has 1 aromatic carbocycles. The second kappa shape index (κ2) is 7.30. The van der Waals surface area contributed by atoms with Gasteiger partial charge in [-0.2, -0.15) is 0 Å². The van der Waals surface area contributed by atoms with E-state index in [0.29, 0.717) is 11.1 Å². The van der Waals surface area contributed by atoms with Crippen LogP contribution in [-0.4, -0.2) is 28.7 Å². The van der Waals surface area contributed by atoms with Crippen LogP contribution in [-0.2, 0) is 0 Å². The minimum absolute atomic E-state index is 0.128. The predicted octanol–water partition coefficient (Wildman–Crippen LogP) is 4.51. The van der Waals surface area contributed by atoms with E-state index in [9.17, 15) is 4.79 Å². The minimum atomic E-state index is 0.128. The molecule has 1 saturated carbocycles. The fourth-order valence-corrected chi connectivity index (χ4v) is 3.20. The maximum atomic E-state index is 12.6. The molecule has 1 aromatic rings. The van der Waals surface area contributed by atoms with Gasteiger partial charge in [-0.05, 0) is 37.1 Å². The van der Waals surface area contributed by atoms with Crippen LogP contribution in [0.1, 0.15) is 42.5 Å². The van der Waals surface area contributed by atoms with Gasteiger partial charge in [-0.25, -0.2) is 0 Å². The van der Waals surface area contributed by atoms with Crippen LogP contribution in [0.3, 0.4) is 0 Å². The number of carbonyl (C=O) groups excluding carboxylic acids is 1. The first kappa shape index (κ1) is 14.9. The number of halogens is 2. The van der Waals surface area contributed by atoms with Gasteiger partial charge in [-0.15, -0.1) is 0 Å². The van der Waals surface area contributed by atoms with Gasteiger partial charge in [0, 0.05) is 28.5 Å². The average molecular weight is 345 g/mol. The summed E-state index contributed by atoms with van der Waals surface area (Å²) in [6.07, 6.45) is 6.03. The van der Waals surface area contributed by atoms with Crippen molar-refractivity contribution in [3.63, 3.8) is 0 Å². The monoisotopic (exact) mass is 343 g/mol. The van der Waals surface area contributed by atoms with Crippen LogP contribution < -0.4 is 0 Å². The zero-order valence-corrected chi connectivity index (χ0v) is 13.3. The highest BCUT2D eigenvalue weighted by molar-refractivity contribution is 9.09. The van der Waals surface area contributed by atoms with E-state index < -0.39 is 0 Å². The highest BCUT2D eigenvalue weighted by atomic mass is 79.9. The van der Waals surface area contributed by atoms with Gasteiger partial charge in [0.2, 0.25) is 0 Å². The summed E-state index contributed by atoms with van der Waals surface area (Å²) >= 11 is 9.33. The molecular formula is C15H19BrClNO. The van der Waals surface area contributed by atoms with Crippen molar-refractivity contribution in [2.24, 2.45) is 0 Å². The van der Waals surface area contributed by atoms with E-state index in [2.05, 4.69) is 15.9 Å². The van der Waals surface area contributed by atoms with E-state index in [0.717, 1.165) is 30.3 Å². The standard InChI is InChI=1S/C15H19BrClNO/c16-10-11-18(14-4-2-1-3-5-14)15(19)12-6-8-13(17)9-7-12/h6-9,14H,1-5,10-11H2. The lowest BCUT2D eigenvalue weighted by Gasteiger charge is -2.34. The Morgan fingerprint density at radius 3 is 2.42 bits per heavy atom. The first-order valence-corrected chi connectivity index (χ1v) is 8.35. The normalized spacial score (nSPS) is 16.3. The molecule has 0 aliphatic heterocycles. The second-order valence-corrected chi connectivity index (χ2v) is 6.22. The number of carbonyl (C=O) groups is 1. The number of alkyl halides is 1. The first-order valence-electron chi connectivity index (χ1n) is 6.85. The van der Waals surface area contributed by atoms with Gasteiger partial charge in [0.25, 0.3) is 5.91 Å². The van der Waals surface area contributed by atoms with Crippen LogP contribution in [0, 0.1) is 0 Å². The number of amides is 1. The van der Waals surface area contributed by atoms with Crippen LogP contribution in [0.25, 0.3) is 0 Å². The first-order chi connectivity index (χ1) is 9.22. The molecule has 4 heteroatoms. The molecule has 0 atom stereocenters. The summed E-state index contributed by atoms with van der Waals surface area (Å²) in [5, 5.41) is 1.49. The lowest BCUT2D eigenvalue weighted by atomic mass is 9.93. The fourth-order valence-electron chi connectivity index (χ4n) is 2.69. The summed E-state index contributed by atoms with van der Waals surface area (Å²) in [6.45, 7) is 0.770. The third-order valence-electron chi connectivity index (χ3n) is 3.69. The lowest BCUT2D eigenvalue weighted by molar-refractivity contribution is 0.0651. The molecule has 0 spiro atoms. The van der Waals surface area contributed by atoms with Gasteiger partial charge in [0.05, 0.1) is 0 Å². The van der Waals surface area contributed by atoms with Crippen molar-refractivity contribution in [3.8, 4) is 0 Å². The van der Waals surface area contributed by atoms with Gasteiger partial charge in [0.1, 0.15) is 0 Å². The molecule has 19 heavy (non-hydrogen) atoms. The maximum absolute atomic E-state index is 12.6. The smallest absolute Gasteiger partial charge is 0.254 e. The second-order valence-electron chi connectivity index (χ2n) is 4.99. The molecule has 0 heterocycles. The Hall–Kier alpha value is -0.540. The topological polar surface area (TPSA) is 20.3 Å². The van der Waals surface area contributed by atoms with Crippen LogP contribution in [0.4, 0.5) is 0 Å². The molecule has 0 radical (unpaired) electrons. The third kappa shape index (κ3) is 3.96. The van der Waals surface area contributed by atoms with Crippen LogP contribution in [0.5, 0.6) is 0 Å². The van der Waals surface area contributed by atoms with Gasteiger partial charge < -0.3 is 4.90 Å². The minimum Gasteiger partial charge on any atom is -0.335 e. The van der Waals surface area contributed by atoms with E-state index in [-0.39, 0.29) is 5.91 Å². The Morgan fingerprint density at radius 2 is 1.84 bits per heavy atom. The van der Waals surface area contributed by atoms with E-state index >= 15 is 0 Å². The van der Waals surface area contributed by atoms with E-state index in [1.807, 2.05) is 17.0 Å². The lowest BCUT2D eigenvalue weighted by Crippen LogP contribution is -2.42. The van der Waals surface area contributed by atoms with Gasteiger partial charge in [-0.3, -0.25) is 4.79 Å². The predicted molar refractivity (Wildman–Crippen MR) is 83.2 cm³/mol. The van der Waals surface area contributed by atoms with Crippen molar-refractivity contribution in [1.29, 1.82) is 0 Å².